The van der Waals surface area contributed by atoms with Gasteiger partial charge < -0.3 is 29.9 Å². The summed E-state index contributed by atoms with van der Waals surface area (Å²) in [6.07, 6.45) is 2.60. The molecule has 0 aromatic heterocycles. The van der Waals surface area contributed by atoms with Crippen molar-refractivity contribution in [3.63, 3.8) is 0 Å². The Hall–Kier alpha value is -2.81. The van der Waals surface area contributed by atoms with Crippen molar-refractivity contribution < 1.29 is 23.9 Å². The zero-order valence-electron chi connectivity index (χ0n) is 21.8. The second-order valence-electron chi connectivity index (χ2n) is 10.2. The van der Waals surface area contributed by atoms with Crippen molar-refractivity contribution in [1.82, 2.24) is 15.1 Å². The third-order valence-corrected chi connectivity index (χ3v) is 6.86. The molecule has 0 bridgehead atoms. The number of ether oxygens (including phenoxy) is 2. The highest BCUT2D eigenvalue weighted by molar-refractivity contribution is 6.00. The summed E-state index contributed by atoms with van der Waals surface area (Å²) in [7, 11) is 3.35. The van der Waals surface area contributed by atoms with Crippen LogP contribution in [0.3, 0.4) is 0 Å². The van der Waals surface area contributed by atoms with E-state index in [-0.39, 0.29) is 54.5 Å². The molecule has 1 heterocycles. The number of hydrogen-bond donors (Lipinski definition) is 2. The van der Waals surface area contributed by atoms with E-state index in [0.717, 1.165) is 19.3 Å². The SMILES string of the molecule is CO[C@@H]1CN(C)C(=O)c2cc(NC(=O)C3CCC3)ccc2OC[C@H](C)N(C(=O)NC(C)C)C[C@@H]1C. The molecule has 1 saturated carbocycles. The minimum absolute atomic E-state index is 0.00331. The molecule has 0 spiro atoms. The third kappa shape index (κ3) is 6.66. The first-order chi connectivity index (χ1) is 16.6. The Kier molecular flexibility index (Phi) is 8.99. The number of nitrogens with zero attached hydrogens (tertiary/aromatic N) is 2. The predicted molar refractivity (Wildman–Crippen MR) is 135 cm³/mol. The van der Waals surface area contributed by atoms with E-state index in [4.69, 9.17) is 9.47 Å². The van der Waals surface area contributed by atoms with Crippen LogP contribution in [0.25, 0.3) is 0 Å². The van der Waals surface area contributed by atoms with Gasteiger partial charge in [-0.1, -0.05) is 13.3 Å². The third-order valence-electron chi connectivity index (χ3n) is 6.86. The maximum Gasteiger partial charge on any atom is 0.317 e. The summed E-state index contributed by atoms with van der Waals surface area (Å²) in [5.41, 5.74) is 0.938. The average Bonchev–Trinajstić information content (AvgIpc) is 2.76. The van der Waals surface area contributed by atoms with Gasteiger partial charge in [-0.15, -0.1) is 0 Å². The highest BCUT2D eigenvalue weighted by Gasteiger charge is 2.31. The zero-order valence-corrected chi connectivity index (χ0v) is 21.8. The first kappa shape index (κ1) is 26.8. The number of rotatable bonds is 4. The molecule has 1 aromatic carbocycles. The van der Waals surface area contributed by atoms with E-state index in [2.05, 4.69) is 10.6 Å². The van der Waals surface area contributed by atoms with E-state index in [1.54, 1.807) is 42.2 Å². The molecule has 194 valence electrons. The summed E-state index contributed by atoms with van der Waals surface area (Å²) >= 11 is 0. The highest BCUT2D eigenvalue weighted by Crippen LogP contribution is 2.30. The van der Waals surface area contributed by atoms with Gasteiger partial charge in [0, 0.05) is 50.8 Å². The number of fused-ring (bicyclic) bond motifs is 1. The Bertz CT molecular complexity index is 917. The number of urea groups is 1. The fourth-order valence-corrected chi connectivity index (χ4v) is 4.38. The molecule has 3 atom stereocenters. The van der Waals surface area contributed by atoms with Crippen molar-refractivity contribution in [2.24, 2.45) is 11.8 Å². The van der Waals surface area contributed by atoms with Crippen molar-refractivity contribution in [3.8, 4) is 5.75 Å². The largest absolute Gasteiger partial charge is 0.491 e. The average molecular weight is 489 g/mol. The van der Waals surface area contributed by atoms with Crippen LogP contribution >= 0.6 is 0 Å². The Labute approximate surface area is 208 Å². The van der Waals surface area contributed by atoms with Crippen molar-refractivity contribution in [2.75, 3.05) is 39.2 Å². The lowest BCUT2D eigenvalue weighted by atomic mass is 9.85. The van der Waals surface area contributed by atoms with Gasteiger partial charge in [-0.3, -0.25) is 9.59 Å². The van der Waals surface area contributed by atoms with Gasteiger partial charge >= 0.3 is 6.03 Å². The topological polar surface area (TPSA) is 100 Å². The van der Waals surface area contributed by atoms with E-state index in [9.17, 15) is 14.4 Å². The Morgan fingerprint density at radius 1 is 1.17 bits per heavy atom. The molecule has 0 radical (unpaired) electrons. The van der Waals surface area contributed by atoms with Crippen LogP contribution in [0.2, 0.25) is 0 Å². The molecular weight excluding hydrogens is 448 g/mol. The van der Waals surface area contributed by atoms with E-state index in [0.29, 0.717) is 30.1 Å². The molecule has 4 amide bonds. The van der Waals surface area contributed by atoms with Gasteiger partial charge in [-0.2, -0.15) is 0 Å². The summed E-state index contributed by atoms with van der Waals surface area (Å²) in [4.78, 5) is 42.3. The van der Waals surface area contributed by atoms with E-state index in [1.807, 2.05) is 27.7 Å². The number of carbonyl (C=O) groups is 3. The van der Waals surface area contributed by atoms with Gasteiger partial charge in [0.2, 0.25) is 5.91 Å². The highest BCUT2D eigenvalue weighted by atomic mass is 16.5. The fraction of sp³-hybridized carbons (Fsp3) is 0.654. The molecule has 1 aliphatic carbocycles. The standard InChI is InChI=1S/C26H40N4O5/c1-16(2)27-26(33)30-13-17(3)23(34-6)14-29(5)25(32)21-12-20(28-24(31)19-8-7-9-19)10-11-22(21)35-15-18(30)4/h10-12,16-19,23H,7-9,13-15H2,1-6H3,(H,27,33)(H,28,31)/t17-,18-,23+/m0/s1. The molecule has 2 N–H and O–H groups in total. The fourth-order valence-electron chi connectivity index (χ4n) is 4.38. The molecule has 9 nitrogen and oxygen atoms in total. The summed E-state index contributed by atoms with van der Waals surface area (Å²) in [5.74, 6) is 0.208. The number of benzene rings is 1. The number of amides is 4. The van der Waals surface area contributed by atoms with Crippen molar-refractivity contribution >= 4 is 23.5 Å². The smallest absolute Gasteiger partial charge is 0.317 e. The zero-order chi connectivity index (χ0) is 25.7. The van der Waals surface area contributed by atoms with Crippen LogP contribution in [0.1, 0.15) is 57.3 Å². The lowest BCUT2D eigenvalue weighted by Crippen LogP contribution is -2.52. The molecule has 9 heteroatoms. The molecule has 1 fully saturated rings. The number of likely N-dealkylation sites (N-methyl/N-ethyl adjacent to an activating group) is 1. The van der Waals surface area contributed by atoms with Crippen LogP contribution < -0.4 is 15.4 Å². The van der Waals surface area contributed by atoms with Gasteiger partial charge in [0.05, 0.1) is 17.7 Å². The number of carbonyl (C=O) groups excluding carboxylic acids is 3. The van der Waals surface area contributed by atoms with Crippen LogP contribution in [0.5, 0.6) is 5.75 Å². The summed E-state index contributed by atoms with van der Waals surface area (Å²) < 4.78 is 11.8. The maximum atomic E-state index is 13.4. The number of methoxy groups -OCH3 is 1. The molecule has 0 saturated heterocycles. The Morgan fingerprint density at radius 2 is 1.89 bits per heavy atom. The molecule has 35 heavy (non-hydrogen) atoms. The van der Waals surface area contributed by atoms with Crippen LogP contribution in [0.15, 0.2) is 18.2 Å². The first-order valence-electron chi connectivity index (χ1n) is 12.5. The van der Waals surface area contributed by atoms with Gasteiger partial charge in [0.1, 0.15) is 12.4 Å². The summed E-state index contributed by atoms with van der Waals surface area (Å²) in [6, 6.07) is 4.74. The molecule has 2 aliphatic rings. The van der Waals surface area contributed by atoms with E-state index < -0.39 is 0 Å². The van der Waals surface area contributed by atoms with Crippen LogP contribution in [0, 0.1) is 11.8 Å². The minimum atomic E-state index is -0.268. The molecule has 1 aliphatic heterocycles. The van der Waals surface area contributed by atoms with E-state index in [1.165, 1.54) is 0 Å². The van der Waals surface area contributed by atoms with Gasteiger partial charge in [0.15, 0.2) is 0 Å². The second-order valence-corrected chi connectivity index (χ2v) is 10.2. The first-order valence-corrected chi connectivity index (χ1v) is 12.5. The molecule has 3 rings (SSSR count). The van der Waals surface area contributed by atoms with Crippen LogP contribution in [0.4, 0.5) is 10.5 Å². The van der Waals surface area contributed by atoms with Crippen molar-refractivity contribution in [1.29, 1.82) is 0 Å². The van der Waals surface area contributed by atoms with Gasteiger partial charge in [-0.05, 0) is 51.8 Å². The summed E-state index contributed by atoms with van der Waals surface area (Å²) in [5, 5.41) is 5.91. The Morgan fingerprint density at radius 3 is 2.49 bits per heavy atom. The predicted octanol–water partition coefficient (Wildman–Crippen LogP) is 3.35. The second kappa shape index (κ2) is 11.7. The number of nitrogens with one attached hydrogen (secondary N) is 2. The normalized spacial score (nSPS) is 24.0. The maximum absolute atomic E-state index is 13.4. The minimum Gasteiger partial charge on any atom is -0.491 e. The van der Waals surface area contributed by atoms with Crippen LogP contribution in [-0.2, 0) is 9.53 Å². The number of anilines is 1. The number of hydrogen-bond acceptors (Lipinski definition) is 5. The molecule has 0 unspecified atom stereocenters. The molecular formula is C26H40N4O5. The quantitative estimate of drug-likeness (QED) is 0.677. The van der Waals surface area contributed by atoms with Crippen molar-refractivity contribution in [2.45, 2.75) is 65.1 Å². The lowest BCUT2D eigenvalue weighted by molar-refractivity contribution is -0.122. The monoisotopic (exact) mass is 488 g/mol. The lowest BCUT2D eigenvalue weighted by Gasteiger charge is -2.36. The molecule has 1 aromatic rings. The van der Waals surface area contributed by atoms with Crippen molar-refractivity contribution in [3.05, 3.63) is 23.8 Å². The van der Waals surface area contributed by atoms with Gasteiger partial charge in [-0.25, -0.2) is 4.79 Å². The van der Waals surface area contributed by atoms with Gasteiger partial charge in [0.25, 0.3) is 5.91 Å². The summed E-state index contributed by atoms with van der Waals surface area (Å²) in [6.45, 7) is 8.83. The van der Waals surface area contributed by atoms with E-state index >= 15 is 0 Å². The van der Waals surface area contributed by atoms with Crippen LogP contribution in [-0.4, -0.2) is 79.7 Å². The Balaban J connectivity index is 1.91.